The molecule has 0 aromatic heterocycles. The summed E-state index contributed by atoms with van der Waals surface area (Å²) in [6, 6.07) is 15.0. The van der Waals surface area contributed by atoms with E-state index in [1.54, 1.807) is 7.11 Å². The molecule has 0 saturated carbocycles. The van der Waals surface area contributed by atoms with Crippen molar-refractivity contribution in [3.05, 3.63) is 48.0 Å². The second-order valence-corrected chi connectivity index (χ2v) is 7.02. The van der Waals surface area contributed by atoms with Crippen molar-refractivity contribution in [2.75, 3.05) is 46.6 Å². The van der Waals surface area contributed by atoms with Crippen LogP contribution in [0.15, 0.2) is 47.5 Å². The predicted molar refractivity (Wildman–Crippen MR) is 127 cm³/mol. The maximum absolute atomic E-state index is 5.70. The Labute approximate surface area is 185 Å². The Kier molecular flexibility index (Phi) is 10.0. The van der Waals surface area contributed by atoms with Crippen molar-refractivity contribution in [2.24, 2.45) is 10.9 Å². The van der Waals surface area contributed by atoms with E-state index >= 15 is 0 Å². The first-order valence-electron chi connectivity index (χ1n) is 9.87. The minimum absolute atomic E-state index is 0. The van der Waals surface area contributed by atoms with Crippen LogP contribution in [0, 0.1) is 5.92 Å². The Morgan fingerprint density at radius 1 is 1.18 bits per heavy atom. The second kappa shape index (κ2) is 12.2. The molecule has 0 radical (unpaired) electrons. The van der Waals surface area contributed by atoms with Crippen molar-refractivity contribution >= 4 is 40.7 Å². The van der Waals surface area contributed by atoms with E-state index in [-0.39, 0.29) is 24.0 Å². The molecule has 1 fully saturated rings. The molecule has 2 aromatic rings. The quantitative estimate of drug-likeness (QED) is 0.260. The van der Waals surface area contributed by atoms with Gasteiger partial charge in [0.15, 0.2) is 5.96 Å². The molecular formula is C22H32IN3O2. The molecule has 28 heavy (non-hydrogen) atoms. The van der Waals surface area contributed by atoms with E-state index in [4.69, 9.17) is 14.5 Å². The highest BCUT2D eigenvalue weighted by atomic mass is 127. The van der Waals surface area contributed by atoms with Crippen molar-refractivity contribution in [1.29, 1.82) is 0 Å². The molecule has 1 unspecified atom stereocenters. The zero-order valence-electron chi connectivity index (χ0n) is 16.9. The normalized spacial score (nSPS) is 17.0. The summed E-state index contributed by atoms with van der Waals surface area (Å²) in [4.78, 5) is 7.24. The number of nitrogens with zero attached hydrogens (tertiary/aromatic N) is 2. The molecule has 1 saturated heterocycles. The number of hydrogen-bond donors (Lipinski definition) is 1. The molecule has 2 aromatic carbocycles. The fourth-order valence-corrected chi connectivity index (χ4v) is 3.48. The molecule has 0 spiro atoms. The Balaban J connectivity index is 0.00000280. The first-order chi connectivity index (χ1) is 13.3. The monoisotopic (exact) mass is 497 g/mol. The number of hydrogen-bond acceptors (Lipinski definition) is 3. The largest absolute Gasteiger partial charge is 0.382 e. The molecule has 0 bridgehead atoms. The van der Waals surface area contributed by atoms with Gasteiger partial charge in [0.2, 0.25) is 0 Å². The Hall–Kier alpha value is -1.38. The Morgan fingerprint density at radius 2 is 2.00 bits per heavy atom. The van der Waals surface area contributed by atoms with E-state index in [0.717, 1.165) is 38.6 Å². The number of methoxy groups -OCH3 is 1. The summed E-state index contributed by atoms with van der Waals surface area (Å²) in [5.41, 5.74) is 1.24. The average molecular weight is 497 g/mol. The number of nitrogens with one attached hydrogen (secondary N) is 1. The zero-order chi connectivity index (χ0) is 18.9. The Morgan fingerprint density at radius 3 is 2.79 bits per heavy atom. The number of ether oxygens (including phenoxy) is 2. The third kappa shape index (κ3) is 6.60. The van der Waals surface area contributed by atoms with Gasteiger partial charge in [-0.3, -0.25) is 0 Å². The van der Waals surface area contributed by atoms with Crippen LogP contribution >= 0.6 is 24.0 Å². The van der Waals surface area contributed by atoms with E-state index in [2.05, 4.69) is 59.6 Å². The summed E-state index contributed by atoms with van der Waals surface area (Å²) >= 11 is 0. The van der Waals surface area contributed by atoms with E-state index < -0.39 is 0 Å². The third-order valence-corrected chi connectivity index (χ3v) is 4.93. The Bertz CT molecular complexity index is 753. The lowest BCUT2D eigenvalue weighted by Crippen LogP contribution is -2.40. The maximum atomic E-state index is 5.70. The van der Waals surface area contributed by atoms with Crippen LogP contribution in [-0.4, -0.2) is 57.4 Å². The summed E-state index contributed by atoms with van der Waals surface area (Å²) in [5.74, 6) is 1.57. The van der Waals surface area contributed by atoms with Gasteiger partial charge >= 0.3 is 0 Å². The van der Waals surface area contributed by atoms with E-state index in [0.29, 0.717) is 25.7 Å². The molecule has 1 aliphatic rings. The fourth-order valence-electron chi connectivity index (χ4n) is 3.48. The molecule has 1 aliphatic heterocycles. The number of guanidine groups is 1. The van der Waals surface area contributed by atoms with Crippen LogP contribution in [0.2, 0.25) is 0 Å². The molecular weight excluding hydrogens is 465 g/mol. The minimum Gasteiger partial charge on any atom is -0.382 e. The van der Waals surface area contributed by atoms with E-state index in [1.807, 2.05) is 0 Å². The average Bonchev–Trinajstić information content (AvgIpc) is 3.17. The van der Waals surface area contributed by atoms with Crippen molar-refractivity contribution in [3.63, 3.8) is 0 Å². The van der Waals surface area contributed by atoms with Crippen molar-refractivity contribution in [3.8, 4) is 0 Å². The van der Waals surface area contributed by atoms with Gasteiger partial charge in [0.1, 0.15) is 0 Å². The number of benzene rings is 2. The van der Waals surface area contributed by atoms with Crippen LogP contribution < -0.4 is 5.32 Å². The lowest BCUT2D eigenvalue weighted by Gasteiger charge is -2.21. The van der Waals surface area contributed by atoms with Gasteiger partial charge in [-0.05, 0) is 35.7 Å². The van der Waals surface area contributed by atoms with Gasteiger partial charge in [0.05, 0.1) is 26.4 Å². The maximum Gasteiger partial charge on any atom is 0.194 e. The van der Waals surface area contributed by atoms with Gasteiger partial charge in [-0.25, -0.2) is 4.99 Å². The molecule has 1 N–H and O–H groups in total. The van der Waals surface area contributed by atoms with Crippen molar-refractivity contribution in [1.82, 2.24) is 10.2 Å². The lowest BCUT2D eigenvalue weighted by atomic mass is 10.1. The standard InChI is InChI=1S/C22H31N3O2.HI/c1-3-23-22(25-11-10-19(16-25)17-27-13-12-26-2)24-15-18-8-9-20-6-4-5-7-21(20)14-18;/h4-9,14,19H,3,10-13,15-17H2,1-2H3,(H,23,24);1H. The highest BCUT2D eigenvalue weighted by molar-refractivity contribution is 14.0. The summed E-state index contributed by atoms with van der Waals surface area (Å²) in [7, 11) is 1.70. The SMILES string of the molecule is CCNC(=NCc1ccc2ccccc2c1)N1CCC(COCCOC)C1.I. The number of aliphatic imine (C=N–C) groups is 1. The first kappa shape index (κ1) is 22.9. The first-order valence-corrected chi connectivity index (χ1v) is 9.87. The van der Waals surface area contributed by atoms with Crippen molar-refractivity contribution in [2.45, 2.75) is 19.9 Å². The molecule has 3 rings (SSSR count). The van der Waals surface area contributed by atoms with Gasteiger partial charge in [-0.1, -0.05) is 36.4 Å². The number of likely N-dealkylation sites (tertiary alicyclic amines) is 1. The van der Waals surface area contributed by atoms with Crippen LogP contribution in [0.4, 0.5) is 0 Å². The molecule has 0 aliphatic carbocycles. The number of rotatable bonds is 8. The van der Waals surface area contributed by atoms with E-state index in [1.165, 1.54) is 16.3 Å². The van der Waals surface area contributed by atoms with Gasteiger partial charge in [0.25, 0.3) is 0 Å². The van der Waals surface area contributed by atoms with Crippen LogP contribution in [0.5, 0.6) is 0 Å². The molecule has 1 atom stereocenters. The molecule has 5 nitrogen and oxygen atoms in total. The topological polar surface area (TPSA) is 46.1 Å². The molecule has 1 heterocycles. The summed E-state index contributed by atoms with van der Waals surface area (Å²) in [6.45, 7) is 7.84. The van der Waals surface area contributed by atoms with Gasteiger partial charge in [-0.15, -0.1) is 24.0 Å². The number of fused-ring (bicyclic) bond motifs is 1. The summed E-state index contributed by atoms with van der Waals surface area (Å²) in [5, 5.41) is 5.98. The van der Waals surface area contributed by atoms with Crippen molar-refractivity contribution < 1.29 is 9.47 Å². The molecule has 0 amide bonds. The summed E-state index contributed by atoms with van der Waals surface area (Å²) in [6.07, 6.45) is 1.15. The number of halogens is 1. The van der Waals surface area contributed by atoms with E-state index in [9.17, 15) is 0 Å². The minimum atomic E-state index is 0. The van der Waals surface area contributed by atoms with Crippen LogP contribution in [0.3, 0.4) is 0 Å². The lowest BCUT2D eigenvalue weighted by molar-refractivity contribution is 0.0536. The van der Waals surface area contributed by atoms with Crippen LogP contribution in [-0.2, 0) is 16.0 Å². The molecule has 154 valence electrons. The summed E-state index contributed by atoms with van der Waals surface area (Å²) < 4.78 is 10.7. The predicted octanol–water partition coefficient (Wildman–Crippen LogP) is 3.91. The van der Waals surface area contributed by atoms with Gasteiger partial charge in [0, 0.05) is 32.7 Å². The van der Waals surface area contributed by atoms with Gasteiger partial charge in [-0.2, -0.15) is 0 Å². The van der Waals surface area contributed by atoms with Crippen LogP contribution in [0.25, 0.3) is 10.8 Å². The van der Waals surface area contributed by atoms with Gasteiger partial charge < -0.3 is 19.7 Å². The highest BCUT2D eigenvalue weighted by Crippen LogP contribution is 2.18. The smallest absolute Gasteiger partial charge is 0.194 e. The highest BCUT2D eigenvalue weighted by Gasteiger charge is 2.24. The molecule has 6 heteroatoms. The van der Waals surface area contributed by atoms with Crippen LogP contribution in [0.1, 0.15) is 18.9 Å². The second-order valence-electron chi connectivity index (χ2n) is 7.02. The fraction of sp³-hybridized carbons (Fsp3) is 0.500. The third-order valence-electron chi connectivity index (χ3n) is 4.93. The zero-order valence-corrected chi connectivity index (χ0v) is 19.2.